The van der Waals surface area contributed by atoms with Crippen LogP contribution in [0, 0.1) is 0 Å². The van der Waals surface area contributed by atoms with Gasteiger partial charge in [-0.3, -0.25) is 14.2 Å². The molecule has 2 fully saturated rings. The van der Waals surface area contributed by atoms with Gasteiger partial charge in [-0.25, -0.2) is 0 Å². The van der Waals surface area contributed by atoms with E-state index in [0.717, 1.165) is 53.8 Å². The number of carbonyl (C=O) groups excluding carboxylic acids is 2. The topological polar surface area (TPSA) is 77.3 Å². The number of ketones is 1. The number of amides is 1. The van der Waals surface area contributed by atoms with E-state index in [-0.39, 0.29) is 17.4 Å². The molecule has 1 aliphatic heterocycles. The van der Waals surface area contributed by atoms with Gasteiger partial charge in [0, 0.05) is 35.8 Å². The van der Waals surface area contributed by atoms with Crippen molar-refractivity contribution in [1.29, 1.82) is 0 Å². The Balaban J connectivity index is 1.33. The molecule has 3 aromatic rings. The number of carbonyl (C=O) groups is 2. The second kappa shape index (κ2) is 10.6. The van der Waals surface area contributed by atoms with Gasteiger partial charge in [-0.15, -0.1) is 10.2 Å². The van der Waals surface area contributed by atoms with Gasteiger partial charge in [0.15, 0.2) is 16.8 Å². The fraction of sp³-hybridized carbons (Fsp3) is 0.407. The van der Waals surface area contributed by atoms with Gasteiger partial charge in [0.1, 0.15) is 5.75 Å². The van der Waals surface area contributed by atoms with Gasteiger partial charge in [0.25, 0.3) is 0 Å². The third-order valence-corrected chi connectivity index (χ3v) is 7.80. The molecule has 0 N–H and O–H groups in total. The standard InChI is InChI=1S/C27H30N4O3S/c1-34-23-15-11-20(12-16-23)26-28-29-27(31(26)22-6-3-2-4-7-22)35-18-24(32)19-9-13-21(14-10-19)30-17-5-8-25(30)33/h9-16,22H,2-8,17-18H2,1H3. The fourth-order valence-electron chi connectivity index (χ4n) is 4.94. The van der Waals surface area contributed by atoms with Gasteiger partial charge in [-0.05, 0) is 67.8 Å². The molecule has 2 heterocycles. The predicted molar refractivity (Wildman–Crippen MR) is 137 cm³/mol. The van der Waals surface area contributed by atoms with E-state index >= 15 is 0 Å². The monoisotopic (exact) mass is 490 g/mol. The summed E-state index contributed by atoms with van der Waals surface area (Å²) in [5.74, 6) is 2.12. The molecule has 1 aromatic heterocycles. The number of benzene rings is 2. The second-order valence-electron chi connectivity index (χ2n) is 9.10. The van der Waals surface area contributed by atoms with Crippen LogP contribution in [-0.4, -0.2) is 45.9 Å². The van der Waals surface area contributed by atoms with Crippen molar-refractivity contribution in [3.63, 3.8) is 0 Å². The quantitative estimate of drug-likeness (QED) is 0.304. The van der Waals surface area contributed by atoms with Crippen LogP contribution in [0.15, 0.2) is 53.7 Å². The zero-order chi connectivity index (χ0) is 24.2. The molecule has 1 aliphatic carbocycles. The number of hydrogen-bond donors (Lipinski definition) is 0. The smallest absolute Gasteiger partial charge is 0.227 e. The highest BCUT2D eigenvalue weighted by atomic mass is 32.2. The number of thioether (sulfide) groups is 1. The molecule has 5 rings (SSSR count). The summed E-state index contributed by atoms with van der Waals surface area (Å²) in [6, 6.07) is 15.6. The van der Waals surface area contributed by atoms with E-state index in [2.05, 4.69) is 14.8 Å². The van der Waals surface area contributed by atoms with Crippen molar-refractivity contribution in [1.82, 2.24) is 14.8 Å². The highest BCUT2D eigenvalue weighted by molar-refractivity contribution is 7.99. The van der Waals surface area contributed by atoms with Crippen molar-refractivity contribution < 1.29 is 14.3 Å². The third-order valence-electron chi connectivity index (χ3n) is 6.86. The van der Waals surface area contributed by atoms with Crippen LogP contribution in [0.4, 0.5) is 5.69 Å². The van der Waals surface area contributed by atoms with Crippen LogP contribution < -0.4 is 9.64 Å². The van der Waals surface area contributed by atoms with E-state index in [0.29, 0.717) is 18.0 Å². The van der Waals surface area contributed by atoms with E-state index in [1.807, 2.05) is 48.5 Å². The summed E-state index contributed by atoms with van der Waals surface area (Å²) in [7, 11) is 1.66. The molecular weight excluding hydrogens is 460 g/mol. The molecule has 0 unspecified atom stereocenters. The lowest BCUT2D eigenvalue weighted by Gasteiger charge is -2.25. The van der Waals surface area contributed by atoms with Crippen LogP contribution in [0.1, 0.15) is 61.3 Å². The fourth-order valence-corrected chi connectivity index (χ4v) is 5.84. The van der Waals surface area contributed by atoms with Crippen molar-refractivity contribution in [2.75, 3.05) is 24.3 Å². The first-order valence-electron chi connectivity index (χ1n) is 12.3. The van der Waals surface area contributed by atoms with E-state index in [1.165, 1.54) is 31.0 Å². The van der Waals surface area contributed by atoms with E-state index in [4.69, 9.17) is 4.74 Å². The Morgan fingerprint density at radius 3 is 2.40 bits per heavy atom. The van der Waals surface area contributed by atoms with E-state index in [9.17, 15) is 9.59 Å². The number of hydrogen-bond acceptors (Lipinski definition) is 6. The molecule has 0 atom stereocenters. The Labute approximate surface area is 209 Å². The van der Waals surface area contributed by atoms with Gasteiger partial charge in [-0.2, -0.15) is 0 Å². The van der Waals surface area contributed by atoms with Crippen molar-refractivity contribution in [3.05, 3.63) is 54.1 Å². The van der Waals surface area contributed by atoms with Gasteiger partial charge in [-0.1, -0.05) is 31.0 Å². The maximum atomic E-state index is 13.0. The highest BCUT2D eigenvalue weighted by Crippen LogP contribution is 2.36. The van der Waals surface area contributed by atoms with Crippen LogP contribution in [0.5, 0.6) is 5.75 Å². The van der Waals surface area contributed by atoms with E-state index in [1.54, 1.807) is 12.0 Å². The minimum Gasteiger partial charge on any atom is -0.497 e. The molecule has 0 bridgehead atoms. The lowest BCUT2D eigenvalue weighted by atomic mass is 9.95. The number of nitrogens with zero attached hydrogens (tertiary/aromatic N) is 4. The Bertz CT molecular complexity index is 1180. The molecule has 182 valence electrons. The first kappa shape index (κ1) is 23.6. The zero-order valence-corrected chi connectivity index (χ0v) is 20.8. The Kier molecular flexibility index (Phi) is 7.18. The molecule has 1 saturated heterocycles. The highest BCUT2D eigenvalue weighted by Gasteiger charge is 2.25. The zero-order valence-electron chi connectivity index (χ0n) is 20.0. The molecule has 1 saturated carbocycles. The third kappa shape index (κ3) is 5.12. The number of aromatic nitrogens is 3. The van der Waals surface area contributed by atoms with Crippen LogP contribution in [-0.2, 0) is 4.79 Å². The number of rotatable bonds is 8. The van der Waals surface area contributed by atoms with Crippen molar-refractivity contribution in [2.45, 2.75) is 56.1 Å². The van der Waals surface area contributed by atoms with Gasteiger partial charge in [0.2, 0.25) is 5.91 Å². The number of Topliss-reactive ketones (excluding diaryl/α,β-unsaturated/α-hetero) is 1. The molecule has 8 heteroatoms. The summed E-state index contributed by atoms with van der Waals surface area (Å²) < 4.78 is 7.54. The summed E-state index contributed by atoms with van der Waals surface area (Å²) >= 11 is 1.45. The Morgan fingerprint density at radius 2 is 1.74 bits per heavy atom. The largest absolute Gasteiger partial charge is 0.497 e. The summed E-state index contributed by atoms with van der Waals surface area (Å²) in [4.78, 5) is 26.8. The van der Waals surface area contributed by atoms with Gasteiger partial charge >= 0.3 is 0 Å². The van der Waals surface area contributed by atoms with Crippen LogP contribution in [0.2, 0.25) is 0 Å². The molecule has 0 radical (unpaired) electrons. The molecule has 1 amide bonds. The lowest BCUT2D eigenvalue weighted by molar-refractivity contribution is -0.117. The van der Waals surface area contributed by atoms with Crippen molar-refractivity contribution in [2.24, 2.45) is 0 Å². The van der Waals surface area contributed by atoms with Crippen molar-refractivity contribution in [3.8, 4) is 17.1 Å². The second-order valence-corrected chi connectivity index (χ2v) is 10.0. The number of anilines is 1. The first-order chi connectivity index (χ1) is 17.1. The SMILES string of the molecule is COc1ccc(-c2nnc(SCC(=O)c3ccc(N4CCCC4=O)cc3)n2C2CCCCC2)cc1. The minimum absolute atomic E-state index is 0.0403. The van der Waals surface area contributed by atoms with Gasteiger partial charge < -0.3 is 9.64 Å². The normalized spacial score (nSPS) is 16.6. The van der Waals surface area contributed by atoms with E-state index < -0.39 is 0 Å². The Hall–Kier alpha value is -3.13. The minimum atomic E-state index is 0.0403. The molecule has 0 spiro atoms. The first-order valence-corrected chi connectivity index (χ1v) is 13.3. The molecule has 2 aliphatic rings. The number of ether oxygens (including phenoxy) is 1. The number of methoxy groups -OCH3 is 1. The molecular formula is C27H30N4O3S. The Morgan fingerprint density at radius 1 is 1.00 bits per heavy atom. The van der Waals surface area contributed by atoms with Crippen LogP contribution in [0.25, 0.3) is 11.4 Å². The summed E-state index contributed by atoms with van der Waals surface area (Å²) in [6.45, 7) is 0.745. The van der Waals surface area contributed by atoms with Crippen molar-refractivity contribution >= 4 is 29.1 Å². The predicted octanol–water partition coefficient (Wildman–Crippen LogP) is 5.56. The lowest BCUT2D eigenvalue weighted by Crippen LogP contribution is -2.23. The molecule has 2 aromatic carbocycles. The molecule has 35 heavy (non-hydrogen) atoms. The summed E-state index contributed by atoms with van der Waals surface area (Å²) in [6.07, 6.45) is 7.32. The summed E-state index contributed by atoms with van der Waals surface area (Å²) in [5, 5.41) is 9.82. The van der Waals surface area contributed by atoms with Gasteiger partial charge in [0.05, 0.1) is 12.9 Å². The maximum absolute atomic E-state index is 13.0. The molecule has 7 nitrogen and oxygen atoms in total. The average Bonchev–Trinajstić information content (AvgIpc) is 3.54. The average molecular weight is 491 g/mol. The van der Waals surface area contributed by atoms with Crippen LogP contribution >= 0.6 is 11.8 Å². The van der Waals surface area contributed by atoms with Crippen LogP contribution in [0.3, 0.4) is 0 Å². The maximum Gasteiger partial charge on any atom is 0.227 e. The summed E-state index contributed by atoms with van der Waals surface area (Å²) in [5.41, 5.74) is 2.50.